The van der Waals surface area contributed by atoms with E-state index < -0.39 is 5.97 Å². The van der Waals surface area contributed by atoms with E-state index in [0.29, 0.717) is 6.04 Å². The van der Waals surface area contributed by atoms with Crippen molar-refractivity contribution in [2.45, 2.75) is 25.8 Å². The van der Waals surface area contributed by atoms with Crippen LogP contribution in [0.1, 0.15) is 29.2 Å². The normalized spacial score (nSPS) is 18.4. The van der Waals surface area contributed by atoms with Crippen LogP contribution in [0.15, 0.2) is 6.07 Å². The Bertz CT molecular complexity index is 458. The number of nitrogens with zero attached hydrogens (tertiary/aromatic N) is 3. The minimum atomic E-state index is -0.502. The summed E-state index contributed by atoms with van der Waals surface area (Å²) < 4.78 is 4.66. The number of esters is 1. The highest BCUT2D eigenvalue weighted by atomic mass is 16.5. The predicted octanol–water partition coefficient (Wildman–Crippen LogP) is 0.760. The molecule has 1 aromatic heterocycles. The van der Waals surface area contributed by atoms with Crippen molar-refractivity contribution in [2.24, 2.45) is 0 Å². The second-order valence-electron chi connectivity index (χ2n) is 4.86. The molecule has 2 rings (SSSR count). The fourth-order valence-corrected chi connectivity index (χ4v) is 2.27. The topological polar surface area (TPSA) is 67.3 Å². The highest BCUT2D eigenvalue weighted by molar-refractivity contribution is 5.85. The Morgan fingerprint density at radius 2 is 2.37 bits per heavy atom. The number of ether oxygens (including phenoxy) is 1. The zero-order valence-electron chi connectivity index (χ0n) is 11.6. The summed E-state index contributed by atoms with van der Waals surface area (Å²) >= 11 is 0. The third-order valence-electron chi connectivity index (χ3n) is 3.26. The number of likely N-dealkylation sites (N-methyl/N-ethyl adjacent to an activating group) is 1. The minimum absolute atomic E-state index is 0.115. The van der Waals surface area contributed by atoms with Gasteiger partial charge < -0.3 is 15.0 Å². The number of methoxy groups -OCH3 is 1. The lowest BCUT2D eigenvalue weighted by Crippen LogP contribution is -2.36. The molecule has 1 N–H and O–H groups in total. The van der Waals surface area contributed by atoms with Gasteiger partial charge in [-0.15, -0.1) is 0 Å². The van der Waals surface area contributed by atoms with Crippen LogP contribution in [0, 0.1) is 6.92 Å². The number of anilines is 1. The van der Waals surface area contributed by atoms with E-state index in [9.17, 15) is 4.79 Å². The fourth-order valence-electron chi connectivity index (χ4n) is 2.27. The average Bonchev–Trinajstić information content (AvgIpc) is 2.89. The summed E-state index contributed by atoms with van der Waals surface area (Å²) in [4.78, 5) is 21.9. The highest BCUT2D eigenvalue weighted by Crippen LogP contribution is 2.14. The van der Waals surface area contributed by atoms with Gasteiger partial charge in [0.25, 0.3) is 0 Å². The van der Waals surface area contributed by atoms with Crippen molar-refractivity contribution in [1.29, 1.82) is 0 Å². The summed E-state index contributed by atoms with van der Waals surface area (Å²) in [5, 5.41) is 3.44. The monoisotopic (exact) mass is 264 g/mol. The Hall–Kier alpha value is -1.69. The van der Waals surface area contributed by atoms with Crippen LogP contribution >= 0.6 is 0 Å². The van der Waals surface area contributed by atoms with Crippen molar-refractivity contribution < 1.29 is 9.53 Å². The Kier molecular flexibility index (Phi) is 4.31. The maximum atomic E-state index is 11.5. The maximum Gasteiger partial charge on any atom is 0.376 e. The fraction of sp³-hybridized carbons (Fsp3) is 0.615. The molecule has 1 aliphatic rings. The van der Waals surface area contributed by atoms with E-state index in [1.807, 2.05) is 24.9 Å². The van der Waals surface area contributed by atoms with Crippen molar-refractivity contribution >= 4 is 11.8 Å². The number of hydrogen-bond acceptors (Lipinski definition) is 6. The first-order valence-electron chi connectivity index (χ1n) is 6.48. The standard InChI is InChI=1S/C13H20N4O2/c1-9-7-11(16-12(15-9)13(18)19-3)17(2)8-10-5-4-6-14-10/h7,10,14H,4-6,8H2,1-3H3. The van der Waals surface area contributed by atoms with Crippen LogP contribution in [0.3, 0.4) is 0 Å². The van der Waals surface area contributed by atoms with E-state index in [2.05, 4.69) is 20.0 Å². The van der Waals surface area contributed by atoms with Crippen LogP contribution in [-0.2, 0) is 4.74 Å². The molecule has 19 heavy (non-hydrogen) atoms. The number of aryl methyl sites for hydroxylation is 1. The average molecular weight is 264 g/mol. The molecule has 0 spiro atoms. The van der Waals surface area contributed by atoms with Crippen molar-refractivity contribution in [1.82, 2.24) is 15.3 Å². The molecule has 0 aliphatic carbocycles. The van der Waals surface area contributed by atoms with Gasteiger partial charge in [-0.25, -0.2) is 14.8 Å². The molecule has 104 valence electrons. The van der Waals surface area contributed by atoms with Gasteiger partial charge in [0.15, 0.2) is 0 Å². The third-order valence-corrected chi connectivity index (χ3v) is 3.26. The number of carbonyl (C=O) groups is 1. The number of carbonyl (C=O) groups excluding carboxylic acids is 1. The smallest absolute Gasteiger partial charge is 0.376 e. The molecule has 1 unspecified atom stereocenters. The van der Waals surface area contributed by atoms with Gasteiger partial charge in [0, 0.05) is 31.4 Å². The number of rotatable bonds is 4. The van der Waals surface area contributed by atoms with Gasteiger partial charge in [0.1, 0.15) is 5.82 Å². The van der Waals surface area contributed by atoms with E-state index in [-0.39, 0.29) is 5.82 Å². The van der Waals surface area contributed by atoms with E-state index >= 15 is 0 Å². The molecule has 1 saturated heterocycles. The summed E-state index contributed by atoms with van der Waals surface area (Å²) in [5.41, 5.74) is 0.761. The van der Waals surface area contributed by atoms with Gasteiger partial charge in [-0.3, -0.25) is 0 Å². The Balaban J connectivity index is 2.13. The molecule has 1 aromatic rings. The Morgan fingerprint density at radius 1 is 1.58 bits per heavy atom. The number of hydrogen-bond donors (Lipinski definition) is 1. The van der Waals surface area contributed by atoms with Crippen molar-refractivity contribution in [3.05, 3.63) is 17.6 Å². The largest absolute Gasteiger partial charge is 0.463 e. The van der Waals surface area contributed by atoms with Gasteiger partial charge in [0.05, 0.1) is 7.11 Å². The molecule has 0 aromatic carbocycles. The van der Waals surface area contributed by atoms with Crippen LogP contribution < -0.4 is 10.2 Å². The van der Waals surface area contributed by atoms with Gasteiger partial charge >= 0.3 is 5.97 Å². The van der Waals surface area contributed by atoms with Crippen LogP contribution in [0.25, 0.3) is 0 Å². The maximum absolute atomic E-state index is 11.5. The summed E-state index contributed by atoms with van der Waals surface area (Å²) in [5.74, 6) is 0.364. The first-order valence-corrected chi connectivity index (χ1v) is 6.48. The molecular weight excluding hydrogens is 244 g/mol. The van der Waals surface area contributed by atoms with Crippen LogP contribution in [-0.4, -0.2) is 49.2 Å². The van der Waals surface area contributed by atoms with E-state index in [4.69, 9.17) is 0 Å². The number of aromatic nitrogens is 2. The predicted molar refractivity (Wildman–Crippen MR) is 72.4 cm³/mol. The molecular formula is C13H20N4O2. The second kappa shape index (κ2) is 5.97. The molecule has 0 radical (unpaired) electrons. The van der Waals surface area contributed by atoms with E-state index in [1.165, 1.54) is 20.0 Å². The molecule has 1 aliphatic heterocycles. The van der Waals surface area contributed by atoms with E-state index in [0.717, 1.165) is 24.6 Å². The zero-order valence-corrected chi connectivity index (χ0v) is 11.6. The Labute approximate surface area is 113 Å². The summed E-state index contributed by atoms with van der Waals surface area (Å²) in [6.07, 6.45) is 2.40. The lowest BCUT2D eigenvalue weighted by molar-refractivity contribution is 0.0586. The van der Waals surface area contributed by atoms with Crippen LogP contribution in [0.5, 0.6) is 0 Å². The molecule has 0 amide bonds. The molecule has 2 heterocycles. The lowest BCUT2D eigenvalue weighted by atomic mass is 10.2. The van der Waals surface area contributed by atoms with Gasteiger partial charge in [-0.05, 0) is 26.3 Å². The summed E-state index contributed by atoms with van der Waals surface area (Å²) in [7, 11) is 3.31. The van der Waals surface area contributed by atoms with Crippen LogP contribution in [0.2, 0.25) is 0 Å². The van der Waals surface area contributed by atoms with Gasteiger partial charge in [-0.1, -0.05) is 0 Å². The minimum Gasteiger partial charge on any atom is -0.463 e. The highest BCUT2D eigenvalue weighted by Gasteiger charge is 2.18. The van der Waals surface area contributed by atoms with Crippen LogP contribution in [0.4, 0.5) is 5.82 Å². The molecule has 0 bridgehead atoms. The van der Waals surface area contributed by atoms with E-state index in [1.54, 1.807) is 0 Å². The lowest BCUT2D eigenvalue weighted by Gasteiger charge is -2.22. The summed E-state index contributed by atoms with van der Waals surface area (Å²) in [6.45, 7) is 3.80. The summed E-state index contributed by atoms with van der Waals surface area (Å²) in [6, 6.07) is 2.36. The van der Waals surface area contributed by atoms with Gasteiger partial charge in [-0.2, -0.15) is 0 Å². The molecule has 6 heteroatoms. The second-order valence-corrected chi connectivity index (χ2v) is 4.86. The third kappa shape index (κ3) is 3.41. The zero-order chi connectivity index (χ0) is 13.8. The first-order chi connectivity index (χ1) is 9.10. The molecule has 1 atom stereocenters. The SMILES string of the molecule is COC(=O)c1nc(C)cc(N(C)CC2CCCN2)n1. The Morgan fingerprint density at radius 3 is 3.00 bits per heavy atom. The molecule has 1 fully saturated rings. The molecule has 6 nitrogen and oxygen atoms in total. The quantitative estimate of drug-likeness (QED) is 0.810. The van der Waals surface area contributed by atoms with Crippen molar-refractivity contribution in [3.63, 3.8) is 0 Å². The van der Waals surface area contributed by atoms with Crippen molar-refractivity contribution in [3.8, 4) is 0 Å². The first kappa shape index (κ1) is 13.7. The van der Waals surface area contributed by atoms with Crippen molar-refractivity contribution in [2.75, 3.05) is 32.1 Å². The van der Waals surface area contributed by atoms with Gasteiger partial charge in [0.2, 0.25) is 5.82 Å². The number of nitrogens with one attached hydrogen (secondary N) is 1. The molecule has 0 saturated carbocycles.